The molecule has 2 aromatic rings. The van der Waals surface area contributed by atoms with Crippen molar-refractivity contribution in [3.05, 3.63) is 34.6 Å². The summed E-state index contributed by atoms with van der Waals surface area (Å²) < 4.78 is 14.2. The Morgan fingerprint density at radius 3 is 3.16 bits per heavy atom. The molecule has 0 saturated carbocycles. The SMILES string of the molecule is CCSc1cccc(F)c1-c1nc2c(s1)CNCC2. The topological polar surface area (TPSA) is 24.9 Å². The van der Waals surface area contributed by atoms with E-state index in [1.54, 1.807) is 29.2 Å². The third-order valence-corrected chi connectivity index (χ3v) is 5.15. The third-order valence-electron chi connectivity index (χ3n) is 3.09. The molecule has 1 aliphatic heterocycles. The van der Waals surface area contributed by atoms with Crippen molar-refractivity contribution in [2.24, 2.45) is 0 Å². The number of halogens is 1. The molecule has 2 nitrogen and oxygen atoms in total. The van der Waals surface area contributed by atoms with Crippen LogP contribution in [0, 0.1) is 5.82 Å². The van der Waals surface area contributed by atoms with Crippen LogP contribution in [0.3, 0.4) is 0 Å². The number of hydrogen-bond donors (Lipinski definition) is 1. The van der Waals surface area contributed by atoms with Crippen LogP contribution in [0.15, 0.2) is 23.1 Å². The average molecular weight is 294 g/mol. The van der Waals surface area contributed by atoms with Crippen molar-refractivity contribution in [3.63, 3.8) is 0 Å². The molecule has 1 aliphatic rings. The van der Waals surface area contributed by atoms with Gasteiger partial charge in [-0.15, -0.1) is 23.1 Å². The maximum atomic E-state index is 14.2. The zero-order valence-electron chi connectivity index (χ0n) is 10.7. The second-order valence-electron chi connectivity index (χ2n) is 4.36. The number of nitrogens with one attached hydrogen (secondary N) is 1. The lowest BCUT2D eigenvalue weighted by atomic mass is 10.2. The van der Waals surface area contributed by atoms with Crippen LogP contribution in [-0.4, -0.2) is 17.3 Å². The Hall–Kier alpha value is -0.910. The van der Waals surface area contributed by atoms with Crippen molar-refractivity contribution in [1.82, 2.24) is 10.3 Å². The molecule has 0 bridgehead atoms. The van der Waals surface area contributed by atoms with Crippen molar-refractivity contribution in [2.75, 3.05) is 12.3 Å². The number of nitrogens with zero attached hydrogens (tertiary/aromatic N) is 1. The fourth-order valence-corrected chi connectivity index (χ4v) is 4.25. The van der Waals surface area contributed by atoms with Gasteiger partial charge in [0, 0.05) is 29.3 Å². The summed E-state index contributed by atoms with van der Waals surface area (Å²) in [6, 6.07) is 5.27. The Kier molecular flexibility index (Phi) is 3.86. The number of rotatable bonds is 3. The summed E-state index contributed by atoms with van der Waals surface area (Å²) in [5, 5.41) is 4.15. The zero-order valence-corrected chi connectivity index (χ0v) is 12.3. The number of benzene rings is 1. The van der Waals surface area contributed by atoms with E-state index >= 15 is 0 Å². The van der Waals surface area contributed by atoms with Crippen LogP contribution in [0.1, 0.15) is 17.5 Å². The minimum Gasteiger partial charge on any atom is -0.311 e. The van der Waals surface area contributed by atoms with Gasteiger partial charge in [-0.05, 0) is 17.9 Å². The predicted molar refractivity (Wildman–Crippen MR) is 79.3 cm³/mol. The lowest BCUT2D eigenvalue weighted by molar-refractivity contribution is 0.627. The van der Waals surface area contributed by atoms with E-state index in [4.69, 9.17) is 0 Å². The summed E-state index contributed by atoms with van der Waals surface area (Å²) >= 11 is 3.28. The lowest BCUT2D eigenvalue weighted by Crippen LogP contribution is -2.22. The van der Waals surface area contributed by atoms with Crippen LogP contribution in [0.4, 0.5) is 4.39 Å². The van der Waals surface area contributed by atoms with Crippen molar-refractivity contribution in [2.45, 2.75) is 24.8 Å². The predicted octanol–water partition coefficient (Wildman–Crippen LogP) is 3.71. The molecular formula is C14H15FN2S2. The van der Waals surface area contributed by atoms with E-state index in [0.29, 0.717) is 5.56 Å². The second kappa shape index (κ2) is 5.61. The van der Waals surface area contributed by atoms with Crippen LogP contribution >= 0.6 is 23.1 Å². The second-order valence-corrected chi connectivity index (χ2v) is 6.75. The highest BCUT2D eigenvalue weighted by molar-refractivity contribution is 7.99. The third kappa shape index (κ3) is 2.55. The Balaban J connectivity index is 2.08. The maximum Gasteiger partial charge on any atom is 0.134 e. The minimum absolute atomic E-state index is 0.169. The summed E-state index contributed by atoms with van der Waals surface area (Å²) in [6.07, 6.45) is 0.941. The lowest BCUT2D eigenvalue weighted by Gasteiger charge is -2.09. The van der Waals surface area contributed by atoms with Gasteiger partial charge in [0.1, 0.15) is 10.8 Å². The van der Waals surface area contributed by atoms with E-state index < -0.39 is 0 Å². The summed E-state index contributed by atoms with van der Waals surface area (Å²) in [5.74, 6) is 0.765. The van der Waals surface area contributed by atoms with Crippen molar-refractivity contribution in [1.29, 1.82) is 0 Å². The Morgan fingerprint density at radius 1 is 1.47 bits per heavy atom. The number of thioether (sulfide) groups is 1. The highest BCUT2D eigenvalue weighted by Crippen LogP contribution is 2.37. The van der Waals surface area contributed by atoms with E-state index in [-0.39, 0.29) is 5.82 Å². The van der Waals surface area contributed by atoms with Gasteiger partial charge in [-0.3, -0.25) is 0 Å². The molecule has 1 N–H and O–H groups in total. The van der Waals surface area contributed by atoms with Crippen molar-refractivity contribution < 1.29 is 4.39 Å². The van der Waals surface area contributed by atoms with Gasteiger partial charge in [-0.25, -0.2) is 9.37 Å². The molecule has 0 radical (unpaired) electrons. The molecule has 5 heteroatoms. The summed E-state index contributed by atoms with van der Waals surface area (Å²) in [7, 11) is 0. The van der Waals surface area contributed by atoms with E-state index in [1.165, 1.54) is 10.9 Å². The van der Waals surface area contributed by atoms with E-state index in [9.17, 15) is 4.39 Å². The average Bonchev–Trinajstić information content (AvgIpc) is 2.82. The summed E-state index contributed by atoms with van der Waals surface area (Å²) in [5.41, 5.74) is 1.81. The minimum atomic E-state index is -0.169. The van der Waals surface area contributed by atoms with Crippen LogP contribution in [-0.2, 0) is 13.0 Å². The Bertz CT molecular complexity index is 572. The first kappa shape index (κ1) is 13.1. The fourth-order valence-electron chi connectivity index (χ4n) is 2.22. The number of hydrogen-bond acceptors (Lipinski definition) is 4. The smallest absolute Gasteiger partial charge is 0.134 e. The molecule has 0 unspecified atom stereocenters. The van der Waals surface area contributed by atoms with Crippen LogP contribution in [0.2, 0.25) is 0 Å². The van der Waals surface area contributed by atoms with E-state index in [1.807, 2.05) is 6.07 Å². The van der Waals surface area contributed by atoms with Gasteiger partial charge in [-0.2, -0.15) is 0 Å². The molecule has 19 heavy (non-hydrogen) atoms. The molecule has 0 amide bonds. The van der Waals surface area contributed by atoms with Gasteiger partial charge < -0.3 is 5.32 Å². The van der Waals surface area contributed by atoms with E-state index in [2.05, 4.69) is 17.2 Å². The molecule has 100 valence electrons. The monoisotopic (exact) mass is 294 g/mol. The molecule has 0 saturated heterocycles. The Morgan fingerprint density at radius 2 is 2.37 bits per heavy atom. The molecule has 3 rings (SSSR count). The quantitative estimate of drug-likeness (QED) is 0.874. The molecular weight excluding hydrogens is 279 g/mol. The normalized spacial score (nSPS) is 14.4. The molecule has 0 spiro atoms. The van der Waals surface area contributed by atoms with Gasteiger partial charge in [0.05, 0.1) is 11.3 Å². The maximum absolute atomic E-state index is 14.2. The van der Waals surface area contributed by atoms with Crippen molar-refractivity contribution >= 4 is 23.1 Å². The summed E-state index contributed by atoms with van der Waals surface area (Å²) in [4.78, 5) is 6.88. The zero-order chi connectivity index (χ0) is 13.2. The number of fused-ring (bicyclic) bond motifs is 1. The van der Waals surface area contributed by atoms with Gasteiger partial charge in [0.15, 0.2) is 0 Å². The van der Waals surface area contributed by atoms with E-state index in [0.717, 1.165) is 40.9 Å². The van der Waals surface area contributed by atoms with Gasteiger partial charge >= 0.3 is 0 Å². The van der Waals surface area contributed by atoms with Crippen LogP contribution in [0.25, 0.3) is 10.6 Å². The Labute approximate surface area is 120 Å². The van der Waals surface area contributed by atoms with Gasteiger partial charge in [0.2, 0.25) is 0 Å². The molecule has 1 aromatic heterocycles. The molecule has 2 heterocycles. The standard InChI is InChI=1S/C14H15FN2S2/c1-2-18-11-5-3-4-9(15)13(11)14-17-10-6-7-16-8-12(10)19-14/h3-5,16H,2,6-8H2,1H3. The summed E-state index contributed by atoms with van der Waals surface area (Å²) in [6.45, 7) is 3.90. The van der Waals surface area contributed by atoms with Gasteiger partial charge in [-0.1, -0.05) is 13.0 Å². The largest absolute Gasteiger partial charge is 0.311 e. The molecule has 1 aromatic carbocycles. The number of aromatic nitrogens is 1. The van der Waals surface area contributed by atoms with Gasteiger partial charge in [0.25, 0.3) is 0 Å². The molecule has 0 aliphatic carbocycles. The fraction of sp³-hybridized carbons (Fsp3) is 0.357. The first-order valence-corrected chi connectivity index (χ1v) is 8.20. The van der Waals surface area contributed by atoms with Crippen molar-refractivity contribution in [3.8, 4) is 10.6 Å². The first-order valence-electron chi connectivity index (χ1n) is 6.40. The highest BCUT2D eigenvalue weighted by atomic mass is 32.2. The molecule has 0 atom stereocenters. The molecule has 0 fully saturated rings. The van der Waals surface area contributed by atoms with Crippen LogP contribution < -0.4 is 5.32 Å². The number of thiazole rings is 1. The highest BCUT2D eigenvalue weighted by Gasteiger charge is 2.19. The first-order chi connectivity index (χ1) is 9.29. The van der Waals surface area contributed by atoms with Crippen LogP contribution in [0.5, 0.6) is 0 Å².